The molecule has 16 heavy (non-hydrogen) atoms. The zero-order valence-electron chi connectivity index (χ0n) is 9.68. The molecule has 1 aliphatic carbocycles. The minimum absolute atomic E-state index is 0.00722. The maximum absolute atomic E-state index is 11.6. The van der Waals surface area contributed by atoms with Crippen LogP contribution in [0.15, 0.2) is 12.2 Å². The lowest BCUT2D eigenvalue weighted by atomic mass is 10.2. The molecule has 0 aromatic heterocycles. The maximum atomic E-state index is 11.6. The SMILES string of the molecule is CC(C)O[C@H]1CCC[C@@H]1N1C(=O)C=CC1=O. The van der Waals surface area contributed by atoms with E-state index in [2.05, 4.69) is 0 Å². The van der Waals surface area contributed by atoms with Crippen molar-refractivity contribution < 1.29 is 14.3 Å². The van der Waals surface area contributed by atoms with Gasteiger partial charge in [0.05, 0.1) is 18.2 Å². The van der Waals surface area contributed by atoms with E-state index < -0.39 is 0 Å². The van der Waals surface area contributed by atoms with E-state index in [9.17, 15) is 9.59 Å². The minimum Gasteiger partial charge on any atom is -0.373 e. The van der Waals surface area contributed by atoms with Crippen molar-refractivity contribution in [2.45, 2.75) is 51.4 Å². The van der Waals surface area contributed by atoms with Gasteiger partial charge >= 0.3 is 0 Å². The van der Waals surface area contributed by atoms with Gasteiger partial charge in [0, 0.05) is 12.2 Å². The lowest BCUT2D eigenvalue weighted by molar-refractivity contribution is -0.143. The highest BCUT2D eigenvalue weighted by molar-refractivity contribution is 6.13. The molecule has 1 heterocycles. The van der Waals surface area contributed by atoms with Crippen molar-refractivity contribution in [3.63, 3.8) is 0 Å². The number of carbonyl (C=O) groups excluding carboxylic acids is 2. The first kappa shape index (κ1) is 11.3. The number of imide groups is 1. The van der Waals surface area contributed by atoms with Crippen molar-refractivity contribution in [1.82, 2.24) is 4.90 Å². The molecule has 2 amide bonds. The van der Waals surface area contributed by atoms with Crippen LogP contribution in [0.1, 0.15) is 33.1 Å². The number of nitrogens with zero attached hydrogens (tertiary/aromatic N) is 1. The summed E-state index contributed by atoms with van der Waals surface area (Å²) in [7, 11) is 0. The van der Waals surface area contributed by atoms with Crippen molar-refractivity contribution in [1.29, 1.82) is 0 Å². The molecule has 0 unspecified atom stereocenters. The number of hydrogen-bond donors (Lipinski definition) is 0. The molecule has 1 fully saturated rings. The lowest BCUT2D eigenvalue weighted by Gasteiger charge is -2.29. The summed E-state index contributed by atoms with van der Waals surface area (Å²) in [4.78, 5) is 24.5. The van der Waals surface area contributed by atoms with E-state index in [1.54, 1.807) is 0 Å². The Bertz CT molecular complexity index is 317. The normalized spacial score (nSPS) is 29.8. The summed E-state index contributed by atoms with van der Waals surface area (Å²) in [6.45, 7) is 3.95. The molecular weight excluding hydrogens is 206 g/mol. The average Bonchev–Trinajstić information content (AvgIpc) is 2.74. The Kier molecular flexibility index (Phi) is 3.10. The molecule has 4 heteroatoms. The van der Waals surface area contributed by atoms with Crippen molar-refractivity contribution in [2.75, 3.05) is 0 Å². The standard InChI is InChI=1S/C12H17NO3/c1-8(2)16-10-5-3-4-9(10)13-11(14)6-7-12(13)15/h6-10H,3-5H2,1-2H3/t9-,10-/m0/s1. The molecule has 0 bridgehead atoms. The van der Waals surface area contributed by atoms with Gasteiger partial charge in [-0.15, -0.1) is 0 Å². The molecule has 0 N–H and O–H groups in total. The minimum atomic E-state index is -0.200. The van der Waals surface area contributed by atoms with Crippen molar-refractivity contribution in [2.24, 2.45) is 0 Å². The number of hydrogen-bond acceptors (Lipinski definition) is 3. The van der Waals surface area contributed by atoms with Crippen LogP contribution in [0.5, 0.6) is 0 Å². The molecule has 88 valence electrons. The fraction of sp³-hybridized carbons (Fsp3) is 0.667. The van der Waals surface area contributed by atoms with E-state index in [0.29, 0.717) is 0 Å². The number of amides is 2. The van der Waals surface area contributed by atoms with Gasteiger partial charge in [0.25, 0.3) is 11.8 Å². The Balaban J connectivity index is 2.08. The topological polar surface area (TPSA) is 46.6 Å². The molecule has 2 atom stereocenters. The van der Waals surface area contributed by atoms with Crippen LogP contribution in [0.3, 0.4) is 0 Å². The third-order valence-electron chi connectivity index (χ3n) is 3.04. The average molecular weight is 223 g/mol. The monoisotopic (exact) mass is 223 g/mol. The first-order chi connectivity index (χ1) is 7.59. The van der Waals surface area contributed by atoms with E-state index in [1.165, 1.54) is 17.1 Å². The highest BCUT2D eigenvalue weighted by Crippen LogP contribution is 2.29. The first-order valence-corrected chi connectivity index (χ1v) is 5.80. The summed E-state index contributed by atoms with van der Waals surface area (Å²) in [5.41, 5.74) is 0. The van der Waals surface area contributed by atoms with Crippen LogP contribution in [0, 0.1) is 0 Å². The summed E-state index contributed by atoms with van der Waals surface area (Å²) < 4.78 is 5.76. The Morgan fingerprint density at radius 2 is 1.88 bits per heavy atom. The van der Waals surface area contributed by atoms with Crippen molar-refractivity contribution in [3.8, 4) is 0 Å². The fourth-order valence-electron chi connectivity index (χ4n) is 2.45. The van der Waals surface area contributed by atoms with E-state index in [-0.39, 0.29) is 30.1 Å². The Hall–Kier alpha value is -1.16. The van der Waals surface area contributed by atoms with Gasteiger partial charge in [0.15, 0.2) is 0 Å². The van der Waals surface area contributed by atoms with E-state index in [4.69, 9.17) is 4.74 Å². The van der Waals surface area contributed by atoms with Gasteiger partial charge in [-0.3, -0.25) is 14.5 Å². The second-order valence-electron chi connectivity index (χ2n) is 4.60. The Labute approximate surface area is 95.2 Å². The number of ether oxygens (including phenoxy) is 1. The van der Waals surface area contributed by atoms with Crippen LogP contribution >= 0.6 is 0 Å². The second-order valence-corrected chi connectivity index (χ2v) is 4.60. The van der Waals surface area contributed by atoms with Crippen molar-refractivity contribution in [3.05, 3.63) is 12.2 Å². The maximum Gasteiger partial charge on any atom is 0.253 e. The van der Waals surface area contributed by atoms with Gasteiger partial charge in [0.1, 0.15) is 0 Å². The summed E-state index contributed by atoms with van der Waals surface area (Å²) >= 11 is 0. The first-order valence-electron chi connectivity index (χ1n) is 5.80. The summed E-state index contributed by atoms with van der Waals surface area (Å²) in [6.07, 6.45) is 5.62. The summed E-state index contributed by atoms with van der Waals surface area (Å²) in [6, 6.07) is -0.0719. The number of carbonyl (C=O) groups is 2. The molecule has 1 saturated carbocycles. The van der Waals surface area contributed by atoms with Gasteiger partial charge in [-0.25, -0.2) is 0 Å². The molecule has 0 aromatic rings. The molecule has 1 aliphatic heterocycles. The van der Waals surface area contributed by atoms with Gasteiger partial charge in [-0.1, -0.05) is 0 Å². The van der Waals surface area contributed by atoms with E-state index in [1.807, 2.05) is 13.8 Å². The lowest BCUT2D eigenvalue weighted by Crippen LogP contribution is -2.45. The van der Waals surface area contributed by atoms with E-state index >= 15 is 0 Å². The predicted molar refractivity (Wildman–Crippen MR) is 58.6 cm³/mol. The van der Waals surface area contributed by atoms with E-state index in [0.717, 1.165) is 19.3 Å². The second kappa shape index (κ2) is 4.37. The quantitative estimate of drug-likeness (QED) is 0.677. The van der Waals surface area contributed by atoms with Crippen LogP contribution in [-0.2, 0) is 14.3 Å². The summed E-state index contributed by atoms with van der Waals surface area (Å²) in [5.74, 6) is -0.400. The van der Waals surface area contributed by atoms with Crippen LogP contribution in [-0.4, -0.2) is 35.0 Å². The highest BCUT2D eigenvalue weighted by atomic mass is 16.5. The molecule has 0 radical (unpaired) electrons. The molecule has 4 nitrogen and oxygen atoms in total. The summed E-state index contributed by atoms with van der Waals surface area (Å²) in [5, 5.41) is 0. The van der Waals surface area contributed by atoms with Crippen LogP contribution in [0.4, 0.5) is 0 Å². The molecule has 2 aliphatic rings. The van der Waals surface area contributed by atoms with Crippen LogP contribution in [0.25, 0.3) is 0 Å². The molecule has 0 spiro atoms. The smallest absolute Gasteiger partial charge is 0.253 e. The highest BCUT2D eigenvalue weighted by Gasteiger charge is 2.39. The van der Waals surface area contributed by atoms with Gasteiger partial charge < -0.3 is 4.74 Å². The van der Waals surface area contributed by atoms with Gasteiger partial charge in [-0.2, -0.15) is 0 Å². The van der Waals surface area contributed by atoms with Gasteiger partial charge in [0.2, 0.25) is 0 Å². The van der Waals surface area contributed by atoms with Crippen LogP contribution < -0.4 is 0 Å². The zero-order chi connectivity index (χ0) is 11.7. The van der Waals surface area contributed by atoms with Crippen LogP contribution in [0.2, 0.25) is 0 Å². The van der Waals surface area contributed by atoms with Gasteiger partial charge in [-0.05, 0) is 33.1 Å². The largest absolute Gasteiger partial charge is 0.373 e. The third-order valence-corrected chi connectivity index (χ3v) is 3.04. The predicted octanol–water partition coefficient (Wildman–Crippen LogP) is 1.26. The Morgan fingerprint density at radius 1 is 1.25 bits per heavy atom. The molecule has 0 aromatic carbocycles. The zero-order valence-corrected chi connectivity index (χ0v) is 9.68. The number of rotatable bonds is 3. The Morgan fingerprint density at radius 3 is 2.44 bits per heavy atom. The molecular formula is C12H17NO3. The fourth-order valence-corrected chi connectivity index (χ4v) is 2.45. The van der Waals surface area contributed by atoms with Crippen molar-refractivity contribution >= 4 is 11.8 Å². The molecule has 2 rings (SSSR count). The third kappa shape index (κ3) is 2.02. The molecule has 0 saturated heterocycles.